The first-order valence-corrected chi connectivity index (χ1v) is 9.60. The van der Waals surface area contributed by atoms with Crippen LogP contribution in [-0.2, 0) is 0 Å². The van der Waals surface area contributed by atoms with Gasteiger partial charge in [-0.25, -0.2) is 0 Å². The molecular weight excluding hydrogens is 283 g/mol. The standard InChI is InChI=1S/C21H27P/c1-20(2,3)22(21(4,5)6)19-17-13-9-7-11-15(17)16-12-8-10-14-18(16)19/h7-14,19H,1-6H3. The zero-order chi connectivity index (χ0) is 16.1. The van der Waals surface area contributed by atoms with Gasteiger partial charge in [-0.2, -0.15) is 0 Å². The Kier molecular flexibility index (Phi) is 3.73. The SMILES string of the molecule is CC(C)(C)P(C1c2ccccc2-c2ccccc21)C(C)(C)C. The predicted octanol–water partition coefficient (Wildman–Crippen LogP) is 6.84. The molecule has 0 radical (unpaired) electrons. The molecule has 2 aromatic rings. The van der Waals surface area contributed by atoms with Crippen molar-refractivity contribution in [3.05, 3.63) is 59.7 Å². The highest BCUT2D eigenvalue weighted by Gasteiger charge is 2.44. The first kappa shape index (κ1) is 15.8. The molecule has 0 atom stereocenters. The molecule has 3 rings (SSSR count). The number of benzene rings is 2. The first-order valence-electron chi connectivity index (χ1n) is 8.19. The van der Waals surface area contributed by atoms with E-state index in [4.69, 9.17) is 0 Å². The Morgan fingerprint density at radius 3 is 1.36 bits per heavy atom. The molecule has 0 saturated carbocycles. The molecule has 0 nitrogen and oxygen atoms in total. The molecule has 0 heterocycles. The van der Waals surface area contributed by atoms with E-state index in [2.05, 4.69) is 90.1 Å². The molecule has 0 spiro atoms. The molecular formula is C21H27P. The van der Waals surface area contributed by atoms with E-state index in [0.717, 1.165) is 0 Å². The van der Waals surface area contributed by atoms with Gasteiger partial charge in [-0.1, -0.05) is 98.0 Å². The van der Waals surface area contributed by atoms with Crippen LogP contribution in [0.4, 0.5) is 0 Å². The highest BCUT2D eigenvalue weighted by molar-refractivity contribution is 7.61. The van der Waals surface area contributed by atoms with Crippen molar-refractivity contribution in [2.45, 2.75) is 57.5 Å². The Morgan fingerprint density at radius 2 is 1.00 bits per heavy atom. The second-order valence-electron chi connectivity index (χ2n) is 8.29. The van der Waals surface area contributed by atoms with Crippen LogP contribution in [0.1, 0.15) is 58.3 Å². The fraction of sp³-hybridized carbons (Fsp3) is 0.429. The molecule has 1 aliphatic carbocycles. The molecule has 116 valence electrons. The van der Waals surface area contributed by atoms with E-state index < -0.39 is 0 Å². The Bertz CT molecular complexity index is 626. The van der Waals surface area contributed by atoms with E-state index in [0.29, 0.717) is 16.0 Å². The predicted molar refractivity (Wildman–Crippen MR) is 100 cm³/mol. The third-order valence-electron chi connectivity index (χ3n) is 4.50. The summed E-state index contributed by atoms with van der Waals surface area (Å²) in [5.74, 6) is 0. The second kappa shape index (κ2) is 5.20. The molecule has 0 aromatic heterocycles. The van der Waals surface area contributed by atoms with Crippen molar-refractivity contribution < 1.29 is 0 Å². The Labute approximate surface area is 136 Å². The molecule has 0 bridgehead atoms. The van der Waals surface area contributed by atoms with Crippen molar-refractivity contribution in [2.75, 3.05) is 0 Å². The third kappa shape index (κ3) is 2.52. The lowest BCUT2D eigenvalue weighted by molar-refractivity contribution is 0.695. The average Bonchev–Trinajstić information content (AvgIpc) is 2.72. The Hall–Kier alpha value is -1.13. The summed E-state index contributed by atoms with van der Waals surface area (Å²) in [6.45, 7) is 14.5. The van der Waals surface area contributed by atoms with E-state index >= 15 is 0 Å². The monoisotopic (exact) mass is 310 g/mol. The highest BCUT2D eigenvalue weighted by atomic mass is 31.1. The normalized spacial score (nSPS) is 15.0. The van der Waals surface area contributed by atoms with E-state index in [1.165, 1.54) is 11.1 Å². The third-order valence-corrected chi connectivity index (χ3v) is 8.47. The van der Waals surface area contributed by atoms with Crippen molar-refractivity contribution in [3.8, 4) is 11.1 Å². The maximum atomic E-state index is 2.42. The van der Waals surface area contributed by atoms with Crippen LogP contribution in [0.5, 0.6) is 0 Å². The zero-order valence-electron chi connectivity index (χ0n) is 14.6. The van der Waals surface area contributed by atoms with E-state index in [1.54, 1.807) is 11.1 Å². The van der Waals surface area contributed by atoms with Crippen molar-refractivity contribution in [1.82, 2.24) is 0 Å². The van der Waals surface area contributed by atoms with Gasteiger partial charge in [-0.3, -0.25) is 0 Å². The summed E-state index contributed by atoms with van der Waals surface area (Å²) in [5.41, 5.74) is 6.54. The summed E-state index contributed by atoms with van der Waals surface area (Å²) < 4.78 is 0. The summed E-state index contributed by atoms with van der Waals surface area (Å²) in [5, 5.41) is 0.644. The topological polar surface area (TPSA) is 0 Å². The molecule has 0 fully saturated rings. The van der Waals surface area contributed by atoms with Gasteiger partial charge in [0, 0.05) is 5.66 Å². The van der Waals surface area contributed by atoms with Crippen LogP contribution < -0.4 is 0 Å². The molecule has 0 N–H and O–H groups in total. The van der Waals surface area contributed by atoms with Crippen LogP contribution in [0.25, 0.3) is 11.1 Å². The van der Waals surface area contributed by atoms with Gasteiger partial charge in [-0.05, 0) is 32.6 Å². The molecule has 0 saturated heterocycles. The molecule has 0 amide bonds. The summed E-state index contributed by atoms with van der Waals surface area (Å²) in [6.07, 6.45) is 0. The molecule has 0 unspecified atom stereocenters. The zero-order valence-corrected chi connectivity index (χ0v) is 15.5. The summed E-state index contributed by atoms with van der Waals surface area (Å²) >= 11 is 0. The lowest BCUT2D eigenvalue weighted by atomic mass is 10.1. The van der Waals surface area contributed by atoms with Crippen molar-refractivity contribution in [3.63, 3.8) is 0 Å². The minimum Gasteiger partial charge on any atom is -0.0833 e. The first-order chi connectivity index (χ1) is 10.2. The fourth-order valence-corrected chi connectivity index (χ4v) is 8.76. The number of hydrogen-bond donors (Lipinski definition) is 0. The summed E-state index contributed by atoms with van der Waals surface area (Å²) in [4.78, 5) is 0. The van der Waals surface area contributed by atoms with Gasteiger partial charge in [-0.15, -0.1) is 0 Å². The summed E-state index contributed by atoms with van der Waals surface area (Å²) in [7, 11) is -0.217. The Balaban J connectivity index is 2.26. The van der Waals surface area contributed by atoms with Crippen LogP contribution in [0.15, 0.2) is 48.5 Å². The van der Waals surface area contributed by atoms with Crippen molar-refractivity contribution in [2.24, 2.45) is 0 Å². The van der Waals surface area contributed by atoms with Gasteiger partial charge < -0.3 is 0 Å². The van der Waals surface area contributed by atoms with Crippen LogP contribution in [0.2, 0.25) is 0 Å². The number of fused-ring (bicyclic) bond motifs is 3. The van der Waals surface area contributed by atoms with Gasteiger partial charge in [0.2, 0.25) is 0 Å². The molecule has 1 heteroatoms. The van der Waals surface area contributed by atoms with Crippen molar-refractivity contribution in [1.29, 1.82) is 0 Å². The van der Waals surface area contributed by atoms with Crippen molar-refractivity contribution >= 4 is 7.92 Å². The molecule has 0 aliphatic heterocycles. The largest absolute Gasteiger partial charge is 0.0833 e. The van der Waals surface area contributed by atoms with Crippen LogP contribution in [0.3, 0.4) is 0 Å². The van der Waals surface area contributed by atoms with E-state index in [-0.39, 0.29) is 7.92 Å². The average molecular weight is 310 g/mol. The second-order valence-corrected chi connectivity index (χ2v) is 12.2. The van der Waals surface area contributed by atoms with Gasteiger partial charge in [0.15, 0.2) is 0 Å². The van der Waals surface area contributed by atoms with Gasteiger partial charge in [0.25, 0.3) is 0 Å². The highest BCUT2D eigenvalue weighted by Crippen LogP contribution is 2.72. The molecule has 2 aromatic carbocycles. The molecule has 22 heavy (non-hydrogen) atoms. The van der Waals surface area contributed by atoms with Crippen LogP contribution in [0, 0.1) is 0 Å². The van der Waals surface area contributed by atoms with Crippen LogP contribution in [-0.4, -0.2) is 10.3 Å². The van der Waals surface area contributed by atoms with Crippen LogP contribution >= 0.6 is 7.92 Å². The molecule has 1 aliphatic rings. The maximum absolute atomic E-state index is 2.42. The smallest absolute Gasteiger partial charge is 0.0313 e. The maximum Gasteiger partial charge on any atom is 0.0313 e. The lowest BCUT2D eigenvalue weighted by Crippen LogP contribution is -2.28. The minimum atomic E-state index is -0.217. The minimum absolute atomic E-state index is 0.217. The summed E-state index contributed by atoms with van der Waals surface area (Å²) in [6, 6.07) is 18.1. The Morgan fingerprint density at radius 1 is 0.636 bits per heavy atom. The number of hydrogen-bond acceptors (Lipinski definition) is 0. The lowest BCUT2D eigenvalue weighted by Gasteiger charge is -2.46. The van der Waals surface area contributed by atoms with Gasteiger partial charge >= 0.3 is 0 Å². The van der Waals surface area contributed by atoms with Gasteiger partial charge in [0.05, 0.1) is 0 Å². The van der Waals surface area contributed by atoms with E-state index in [1.807, 2.05) is 0 Å². The number of rotatable bonds is 1. The van der Waals surface area contributed by atoms with Gasteiger partial charge in [0.1, 0.15) is 0 Å². The quantitative estimate of drug-likeness (QED) is 0.506. The fourth-order valence-electron chi connectivity index (χ4n) is 4.19. The van der Waals surface area contributed by atoms with E-state index in [9.17, 15) is 0 Å².